The molecule has 1 fully saturated rings. The second-order valence-electron chi connectivity index (χ2n) is 3.60. The highest BCUT2D eigenvalue weighted by Crippen LogP contribution is 2.18. The van der Waals surface area contributed by atoms with Crippen LogP contribution in [-0.2, 0) is 0 Å². The number of aromatic nitrogens is 2. The van der Waals surface area contributed by atoms with E-state index in [1.165, 1.54) is 12.8 Å². The summed E-state index contributed by atoms with van der Waals surface area (Å²) >= 11 is 1.63. The van der Waals surface area contributed by atoms with Crippen LogP contribution in [0.15, 0.2) is 17.4 Å². The Morgan fingerprint density at radius 3 is 3.00 bits per heavy atom. The third-order valence-electron chi connectivity index (χ3n) is 2.29. The van der Waals surface area contributed by atoms with Gasteiger partial charge in [-0.25, -0.2) is 9.97 Å². The highest BCUT2D eigenvalue weighted by Gasteiger charge is 2.19. The van der Waals surface area contributed by atoms with Gasteiger partial charge in [0.1, 0.15) is 17.2 Å². The van der Waals surface area contributed by atoms with Crippen molar-refractivity contribution in [2.45, 2.75) is 23.9 Å². The minimum Gasteiger partial charge on any atom is -0.369 e. The van der Waals surface area contributed by atoms with Crippen molar-refractivity contribution in [2.24, 2.45) is 0 Å². The van der Waals surface area contributed by atoms with Gasteiger partial charge in [0.15, 0.2) is 0 Å². The van der Waals surface area contributed by atoms with Gasteiger partial charge in [0, 0.05) is 25.2 Å². The Hall–Kier alpha value is -0.810. The van der Waals surface area contributed by atoms with Gasteiger partial charge in [0.05, 0.1) is 0 Å². The molecule has 1 aliphatic rings. The minimum absolute atomic E-state index is 0.777. The Bertz CT molecular complexity index is 314. The smallest absolute Gasteiger partial charge is 0.130 e. The molecule has 1 heterocycles. The molecular weight excluding hydrogens is 208 g/mol. The van der Waals surface area contributed by atoms with E-state index >= 15 is 0 Å². The third-order valence-corrected chi connectivity index (χ3v) is 2.93. The number of hydrogen-bond acceptors (Lipinski definition) is 5. The summed E-state index contributed by atoms with van der Waals surface area (Å²) in [6.07, 6.45) is 6.29. The van der Waals surface area contributed by atoms with E-state index in [9.17, 15) is 0 Å². The van der Waals surface area contributed by atoms with E-state index in [4.69, 9.17) is 0 Å². The average Bonchev–Trinajstić information content (AvgIpc) is 3.09. The monoisotopic (exact) mass is 224 g/mol. The van der Waals surface area contributed by atoms with E-state index in [0.29, 0.717) is 0 Å². The van der Waals surface area contributed by atoms with Crippen molar-refractivity contribution in [1.29, 1.82) is 0 Å². The molecule has 0 radical (unpaired) electrons. The maximum absolute atomic E-state index is 4.16. The second kappa shape index (κ2) is 5.32. The van der Waals surface area contributed by atoms with E-state index in [1.54, 1.807) is 18.1 Å². The minimum atomic E-state index is 0.777. The van der Waals surface area contributed by atoms with E-state index < -0.39 is 0 Å². The summed E-state index contributed by atoms with van der Waals surface area (Å²) in [5, 5.41) is 7.72. The van der Waals surface area contributed by atoms with Gasteiger partial charge in [-0.05, 0) is 19.1 Å². The summed E-state index contributed by atoms with van der Waals surface area (Å²) < 4.78 is 0. The van der Waals surface area contributed by atoms with Gasteiger partial charge in [0.2, 0.25) is 0 Å². The molecule has 4 nitrogen and oxygen atoms in total. The van der Waals surface area contributed by atoms with Crippen molar-refractivity contribution in [3.05, 3.63) is 12.4 Å². The van der Waals surface area contributed by atoms with Crippen LogP contribution in [0.2, 0.25) is 0 Å². The lowest BCUT2D eigenvalue weighted by molar-refractivity contribution is 0.700. The molecule has 0 bridgehead atoms. The van der Waals surface area contributed by atoms with Gasteiger partial charge in [0.25, 0.3) is 0 Å². The molecule has 1 aliphatic carbocycles. The quantitative estimate of drug-likeness (QED) is 0.434. The van der Waals surface area contributed by atoms with Crippen molar-refractivity contribution >= 4 is 17.6 Å². The number of thioether (sulfide) groups is 1. The lowest BCUT2D eigenvalue weighted by Crippen LogP contribution is -2.24. The predicted octanol–water partition coefficient (Wildman–Crippen LogP) is 1.36. The summed E-state index contributed by atoms with van der Waals surface area (Å²) in [6.45, 7) is 1.92. The maximum atomic E-state index is 4.16. The molecule has 0 unspecified atom stereocenters. The number of nitrogens with one attached hydrogen (secondary N) is 2. The molecule has 1 aromatic rings. The van der Waals surface area contributed by atoms with E-state index in [0.717, 1.165) is 30.0 Å². The third kappa shape index (κ3) is 3.68. The number of nitrogens with zero attached hydrogens (tertiary/aromatic N) is 2. The molecule has 0 aromatic carbocycles. The molecule has 82 valence electrons. The zero-order valence-corrected chi connectivity index (χ0v) is 9.68. The van der Waals surface area contributed by atoms with Crippen LogP contribution in [0.3, 0.4) is 0 Å². The van der Waals surface area contributed by atoms with Crippen molar-refractivity contribution in [2.75, 3.05) is 24.7 Å². The Morgan fingerprint density at radius 1 is 1.40 bits per heavy atom. The van der Waals surface area contributed by atoms with Crippen LogP contribution in [0.5, 0.6) is 0 Å². The van der Waals surface area contributed by atoms with Gasteiger partial charge in [-0.1, -0.05) is 0 Å². The maximum Gasteiger partial charge on any atom is 0.130 e. The average molecular weight is 224 g/mol. The summed E-state index contributed by atoms with van der Waals surface area (Å²) in [5.41, 5.74) is 0. The van der Waals surface area contributed by atoms with Gasteiger partial charge in [-0.2, -0.15) is 0 Å². The first-order chi connectivity index (χ1) is 7.38. The molecule has 2 N–H and O–H groups in total. The Morgan fingerprint density at radius 2 is 2.27 bits per heavy atom. The van der Waals surface area contributed by atoms with Crippen LogP contribution in [0.25, 0.3) is 0 Å². The first-order valence-electron chi connectivity index (χ1n) is 5.22. The fraction of sp³-hybridized carbons (Fsp3) is 0.600. The van der Waals surface area contributed by atoms with Crippen LogP contribution in [0.4, 0.5) is 5.82 Å². The van der Waals surface area contributed by atoms with Crippen LogP contribution >= 0.6 is 11.8 Å². The van der Waals surface area contributed by atoms with E-state index in [-0.39, 0.29) is 0 Å². The largest absolute Gasteiger partial charge is 0.369 e. The molecule has 1 saturated carbocycles. The molecule has 0 saturated heterocycles. The molecule has 5 heteroatoms. The normalized spacial score (nSPS) is 15.3. The zero-order chi connectivity index (χ0) is 10.5. The topological polar surface area (TPSA) is 49.8 Å². The summed E-state index contributed by atoms with van der Waals surface area (Å²) in [7, 11) is 0. The fourth-order valence-electron chi connectivity index (χ4n) is 1.30. The summed E-state index contributed by atoms with van der Waals surface area (Å²) in [4.78, 5) is 8.28. The molecular formula is C10H16N4S. The van der Waals surface area contributed by atoms with Crippen LogP contribution < -0.4 is 10.6 Å². The van der Waals surface area contributed by atoms with Crippen molar-refractivity contribution in [3.8, 4) is 0 Å². The van der Waals surface area contributed by atoms with Gasteiger partial charge >= 0.3 is 0 Å². The molecule has 2 rings (SSSR count). The van der Waals surface area contributed by atoms with Gasteiger partial charge < -0.3 is 10.6 Å². The summed E-state index contributed by atoms with van der Waals surface area (Å²) in [6, 6.07) is 2.75. The molecule has 0 atom stereocenters. The van der Waals surface area contributed by atoms with Crippen LogP contribution in [0.1, 0.15) is 12.8 Å². The van der Waals surface area contributed by atoms with Crippen molar-refractivity contribution < 1.29 is 0 Å². The Kier molecular flexibility index (Phi) is 3.80. The summed E-state index contributed by atoms with van der Waals surface area (Å²) in [5.74, 6) is 0.909. The highest BCUT2D eigenvalue weighted by atomic mass is 32.2. The number of hydrogen-bond donors (Lipinski definition) is 2. The number of rotatable bonds is 6. The SMILES string of the molecule is CSc1cc(NCCNC2CC2)ncn1. The lowest BCUT2D eigenvalue weighted by Gasteiger charge is -2.06. The van der Waals surface area contributed by atoms with Crippen LogP contribution in [-0.4, -0.2) is 35.4 Å². The molecule has 0 amide bonds. The van der Waals surface area contributed by atoms with E-state index in [2.05, 4.69) is 20.6 Å². The molecule has 15 heavy (non-hydrogen) atoms. The standard InChI is InChI=1S/C10H16N4S/c1-15-10-6-9(13-7-14-10)12-5-4-11-8-2-3-8/h6-8,11H,2-5H2,1H3,(H,12,13,14). The second-order valence-corrected chi connectivity index (χ2v) is 4.43. The Balaban J connectivity index is 1.71. The van der Waals surface area contributed by atoms with E-state index in [1.807, 2.05) is 12.3 Å². The fourth-order valence-corrected chi connectivity index (χ4v) is 1.68. The predicted molar refractivity (Wildman–Crippen MR) is 63.3 cm³/mol. The Labute approximate surface area is 94.3 Å². The van der Waals surface area contributed by atoms with Gasteiger partial charge in [-0.3, -0.25) is 0 Å². The highest BCUT2D eigenvalue weighted by molar-refractivity contribution is 7.98. The van der Waals surface area contributed by atoms with Gasteiger partial charge in [-0.15, -0.1) is 11.8 Å². The lowest BCUT2D eigenvalue weighted by atomic mass is 10.5. The molecule has 0 spiro atoms. The van der Waals surface area contributed by atoms with Crippen molar-refractivity contribution in [1.82, 2.24) is 15.3 Å². The number of anilines is 1. The molecule has 0 aliphatic heterocycles. The zero-order valence-electron chi connectivity index (χ0n) is 8.86. The first-order valence-corrected chi connectivity index (χ1v) is 6.44. The molecule has 1 aromatic heterocycles. The first kappa shape index (κ1) is 10.7. The van der Waals surface area contributed by atoms with Crippen LogP contribution in [0, 0.1) is 0 Å². The van der Waals surface area contributed by atoms with Crippen molar-refractivity contribution in [3.63, 3.8) is 0 Å².